The van der Waals surface area contributed by atoms with Gasteiger partial charge in [0.05, 0.1) is 6.61 Å². The Labute approximate surface area is 125 Å². The Morgan fingerprint density at radius 2 is 2.05 bits per heavy atom. The largest absolute Gasteiger partial charge is 0.395 e. The minimum atomic E-state index is 0.133. The zero-order valence-corrected chi connectivity index (χ0v) is 12.3. The Balaban J connectivity index is 1.83. The van der Waals surface area contributed by atoms with Gasteiger partial charge in [-0.3, -0.25) is 0 Å². The molecule has 2 aromatic rings. The van der Waals surface area contributed by atoms with Crippen LogP contribution in [0.5, 0.6) is 0 Å². The molecule has 110 valence electrons. The van der Waals surface area contributed by atoms with Crippen LogP contribution in [0.3, 0.4) is 0 Å². The molecule has 0 radical (unpaired) electrons. The van der Waals surface area contributed by atoms with Crippen LogP contribution in [-0.2, 0) is 13.0 Å². The number of aromatic nitrogens is 1. The fraction of sp³-hybridized carbons (Fsp3) is 0.353. The number of nitrogens with one attached hydrogen (secondary N) is 1. The molecule has 0 spiro atoms. The quantitative estimate of drug-likeness (QED) is 0.904. The average Bonchev–Trinajstić information content (AvgIpc) is 2.52. The molecule has 1 aromatic heterocycles. The van der Waals surface area contributed by atoms with Gasteiger partial charge in [0.2, 0.25) is 0 Å². The van der Waals surface area contributed by atoms with E-state index in [0.717, 1.165) is 36.7 Å². The van der Waals surface area contributed by atoms with E-state index in [4.69, 9.17) is 5.11 Å². The van der Waals surface area contributed by atoms with Gasteiger partial charge < -0.3 is 15.3 Å². The predicted molar refractivity (Wildman–Crippen MR) is 85.7 cm³/mol. The number of aliphatic hydroxyl groups is 1. The lowest BCUT2D eigenvalue weighted by atomic mass is 10.00. The summed E-state index contributed by atoms with van der Waals surface area (Å²) in [5, 5.41) is 12.2. The van der Waals surface area contributed by atoms with Gasteiger partial charge in [0.15, 0.2) is 0 Å². The van der Waals surface area contributed by atoms with Crippen molar-refractivity contribution in [1.82, 2.24) is 4.98 Å². The molecule has 0 aliphatic carbocycles. The normalized spacial score (nSPS) is 13.9. The highest BCUT2D eigenvalue weighted by Gasteiger charge is 2.17. The minimum absolute atomic E-state index is 0.133. The van der Waals surface area contributed by atoms with E-state index >= 15 is 0 Å². The first-order chi connectivity index (χ1) is 10.3. The summed E-state index contributed by atoms with van der Waals surface area (Å²) in [5.74, 6) is 1.00. The molecule has 0 fully saturated rings. The third kappa shape index (κ3) is 3.16. The highest BCUT2D eigenvalue weighted by molar-refractivity contribution is 5.56. The van der Waals surface area contributed by atoms with Crippen molar-refractivity contribution in [2.24, 2.45) is 0 Å². The van der Waals surface area contributed by atoms with Crippen molar-refractivity contribution >= 4 is 11.5 Å². The molecular weight excluding hydrogens is 262 g/mol. The molecule has 21 heavy (non-hydrogen) atoms. The standard InChI is InChI=1S/C17H21N3O/c1-13-10-16(18-7-9-21)11-17(19-13)20-8-6-14-4-2-3-5-15(14)12-20/h2-5,10-11,21H,6-9,12H2,1H3,(H,18,19). The molecule has 0 unspecified atom stereocenters. The molecule has 1 aliphatic heterocycles. The number of aliphatic hydroxyl groups excluding tert-OH is 1. The predicted octanol–water partition coefficient (Wildman–Crippen LogP) is 2.36. The van der Waals surface area contributed by atoms with Gasteiger partial charge in [0.1, 0.15) is 5.82 Å². The van der Waals surface area contributed by atoms with Crippen molar-refractivity contribution in [2.75, 3.05) is 29.9 Å². The molecule has 2 N–H and O–H groups in total. The number of hydrogen-bond acceptors (Lipinski definition) is 4. The van der Waals surface area contributed by atoms with Gasteiger partial charge in [-0.15, -0.1) is 0 Å². The van der Waals surface area contributed by atoms with Crippen LogP contribution >= 0.6 is 0 Å². The number of aryl methyl sites for hydroxylation is 1. The second-order valence-corrected chi connectivity index (χ2v) is 5.45. The lowest BCUT2D eigenvalue weighted by molar-refractivity contribution is 0.311. The first-order valence-corrected chi connectivity index (χ1v) is 7.41. The highest BCUT2D eigenvalue weighted by Crippen LogP contribution is 2.25. The van der Waals surface area contributed by atoms with Crippen LogP contribution in [0.4, 0.5) is 11.5 Å². The molecule has 0 saturated heterocycles. The lowest BCUT2D eigenvalue weighted by Gasteiger charge is -2.30. The van der Waals surface area contributed by atoms with Crippen LogP contribution in [0.25, 0.3) is 0 Å². The zero-order valence-electron chi connectivity index (χ0n) is 12.3. The molecule has 0 saturated carbocycles. The van der Waals surface area contributed by atoms with E-state index < -0.39 is 0 Å². The van der Waals surface area contributed by atoms with E-state index in [1.165, 1.54) is 11.1 Å². The van der Waals surface area contributed by atoms with Gasteiger partial charge in [0.25, 0.3) is 0 Å². The second-order valence-electron chi connectivity index (χ2n) is 5.45. The molecule has 0 bridgehead atoms. The first-order valence-electron chi connectivity index (χ1n) is 7.41. The van der Waals surface area contributed by atoms with Gasteiger partial charge >= 0.3 is 0 Å². The molecular formula is C17H21N3O. The van der Waals surface area contributed by atoms with E-state index in [1.54, 1.807) is 0 Å². The smallest absolute Gasteiger partial charge is 0.131 e. The molecule has 0 amide bonds. The molecule has 1 aromatic carbocycles. The summed E-state index contributed by atoms with van der Waals surface area (Å²) in [4.78, 5) is 6.98. The Bertz CT molecular complexity index is 627. The van der Waals surface area contributed by atoms with Crippen LogP contribution < -0.4 is 10.2 Å². The van der Waals surface area contributed by atoms with Crippen LogP contribution in [0.15, 0.2) is 36.4 Å². The summed E-state index contributed by atoms with van der Waals surface area (Å²) in [7, 11) is 0. The maximum Gasteiger partial charge on any atom is 0.131 e. The summed E-state index contributed by atoms with van der Waals surface area (Å²) in [5.41, 5.74) is 4.84. The average molecular weight is 283 g/mol. The van der Waals surface area contributed by atoms with Crippen molar-refractivity contribution < 1.29 is 5.11 Å². The van der Waals surface area contributed by atoms with Crippen LogP contribution in [-0.4, -0.2) is 29.8 Å². The molecule has 3 rings (SSSR count). The van der Waals surface area contributed by atoms with Gasteiger partial charge in [-0.25, -0.2) is 4.98 Å². The fourth-order valence-electron chi connectivity index (χ4n) is 2.81. The van der Waals surface area contributed by atoms with Gasteiger partial charge in [0, 0.05) is 37.1 Å². The summed E-state index contributed by atoms with van der Waals surface area (Å²) in [6.45, 7) is 4.60. The fourth-order valence-corrected chi connectivity index (χ4v) is 2.81. The molecule has 0 atom stereocenters. The summed E-state index contributed by atoms with van der Waals surface area (Å²) >= 11 is 0. The monoisotopic (exact) mass is 283 g/mol. The Morgan fingerprint density at radius 1 is 1.24 bits per heavy atom. The maximum absolute atomic E-state index is 8.94. The Hall–Kier alpha value is -2.07. The topological polar surface area (TPSA) is 48.4 Å². The molecule has 4 heteroatoms. The number of nitrogens with zero attached hydrogens (tertiary/aromatic N) is 2. The first kappa shape index (κ1) is 13.9. The van der Waals surface area contributed by atoms with E-state index in [-0.39, 0.29) is 6.61 Å². The number of fused-ring (bicyclic) bond motifs is 1. The SMILES string of the molecule is Cc1cc(NCCO)cc(N2CCc3ccccc3C2)n1. The number of pyridine rings is 1. The third-order valence-electron chi connectivity index (χ3n) is 3.84. The number of benzene rings is 1. The van der Waals surface area contributed by atoms with E-state index in [0.29, 0.717) is 6.54 Å². The van der Waals surface area contributed by atoms with Gasteiger partial charge in [-0.2, -0.15) is 0 Å². The van der Waals surface area contributed by atoms with Crippen molar-refractivity contribution in [2.45, 2.75) is 19.9 Å². The van der Waals surface area contributed by atoms with Gasteiger partial charge in [-0.05, 0) is 30.5 Å². The van der Waals surface area contributed by atoms with E-state index in [2.05, 4.69) is 45.5 Å². The number of anilines is 2. The maximum atomic E-state index is 8.94. The molecule has 1 aliphatic rings. The molecule has 2 heterocycles. The van der Waals surface area contributed by atoms with Crippen molar-refractivity contribution in [3.8, 4) is 0 Å². The van der Waals surface area contributed by atoms with Gasteiger partial charge in [-0.1, -0.05) is 24.3 Å². The zero-order chi connectivity index (χ0) is 14.7. The van der Waals surface area contributed by atoms with E-state index in [1.807, 2.05) is 13.0 Å². The van der Waals surface area contributed by atoms with E-state index in [9.17, 15) is 0 Å². The lowest BCUT2D eigenvalue weighted by Crippen LogP contribution is -2.31. The Kier molecular flexibility index (Phi) is 4.06. The van der Waals surface area contributed by atoms with Crippen LogP contribution in [0, 0.1) is 6.92 Å². The molecule has 4 nitrogen and oxygen atoms in total. The number of hydrogen-bond donors (Lipinski definition) is 2. The summed E-state index contributed by atoms with van der Waals surface area (Å²) < 4.78 is 0. The highest BCUT2D eigenvalue weighted by atomic mass is 16.3. The Morgan fingerprint density at radius 3 is 2.86 bits per heavy atom. The third-order valence-corrected chi connectivity index (χ3v) is 3.84. The summed E-state index contributed by atoms with van der Waals surface area (Å²) in [6, 6.07) is 12.7. The van der Waals surface area contributed by atoms with Crippen molar-refractivity contribution in [3.63, 3.8) is 0 Å². The van der Waals surface area contributed by atoms with Crippen molar-refractivity contribution in [1.29, 1.82) is 0 Å². The number of rotatable bonds is 4. The van der Waals surface area contributed by atoms with Crippen LogP contribution in [0.1, 0.15) is 16.8 Å². The summed E-state index contributed by atoms with van der Waals surface area (Å²) in [6.07, 6.45) is 1.06. The minimum Gasteiger partial charge on any atom is -0.395 e. The van der Waals surface area contributed by atoms with Crippen LogP contribution in [0.2, 0.25) is 0 Å². The van der Waals surface area contributed by atoms with Crippen molar-refractivity contribution in [3.05, 3.63) is 53.2 Å². The second kappa shape index (κ2) is 6.14.